The van der Waals surface area contributed by atoms with Crippen LogP contribution >= 0.6 is 0 Å². The number of fused-ring (bicyclic) bond motifs is 3. The Labute approximate surface area is 142 Å². The largest absolute Gasteiger partial charge is 0.338 e. The van der Waals surface area contributed by atoms with E-state index in [-0.39, 0.29) is 5.91 Å². The normalized spacial score (nSPS) is 12.3. The van der Waals surface area contributed by atoms with E-state index in [9.17, 15) is 9.59 Å². The molecule has 124 valence electrons. The number of carbonyl (C=O) groups is 2. The van der Waals surface area contributed by atoms with Gasteiger partial charge in [0.05, 0.1) is 11.1 Å². The first-order valence-electron chi connectivity index (χ1n) is 8.01. The van der Waals surface area contributed by atoms with E-state index < -0.39 is 11.4 Å². The fourth-order valence-electron chi connectivity index (χ4n) is 2.78. The number of hydrogen-bond donors (Lipinski definition) is 0. The molecule has 0 fully saturated rings. The fraction of sp³-hybridized carbons (Fsp3) is 0.300. The second kappa shape index (κ2) is 5.78. The number of nitrogens with zero attached hydrogens (tertiary/aromatic N) is 1. The minimum atomic E-state index is -0.680. The SMILES string of the molecule is CC(=O)N(OC(=O)C(C)(C)C)c1ccc2c(c1)Cc1ccccc1-2. The smallest absolute Gasteiger partial charge is 0.333 e. The van der Waals surface area contributed by atoms with Gasteiger partial charge >= 0.3 is 5.97 Å². The lowest BCUT2D eigenvalue weighted by Gasteiger charge is -2.24. The summed E-state index contributed by atoms with van der Waals surface area (Å²) in [6.07, 6.45) is 0.818. The average molecular weight is 323 g/mol. The zero-order valence-electron chi connectivity index (χ0n) is 14.4. The molecule has 0 unspecified atom stereocenters. The Hall–Kier alpha value is -2.62. The predicted octanol–water partition coefficient (Wildman–Crippen LogP) is 4.12. The molecule has 2 aromatic carbocycles. The lowest BCUT2D eigenvalue weighted by atomic mass is 9.98. The quantitative estimate of drug-likeness (QED) is 0.633. The van der Waals surface area contributed by atoms with Crippen molar-refractivity contribution in [3.8, 4) is 11.1 Å². The van der Waals surface area contributed by atoms with Crippen molar-refractivity contribution < 1.29 is 14.4 Å². The van der Waals surface area contributed by atoms with Gasteiger partial charge in [0.1, 0.15) is 0 Å². The van der Waals surface area contributed by atoms with Crippen molar-refractivity contribution in [1.29, 1.82) is 0 Å². The van der Waals surface area contributed by atoms with Crippen LogP contribution in [0.3, 0.4) is 0 Å². The van der Waals surface area contributed by atoms with Crippen molar-refractivity contribution >= 4 is 17.6 Å². The Morgan fingerprint density at radius 2 is 1.67 bits per heavy atom. The molecule has 4 nitrogen and oxygen atoms in total. The molecular formula is C20H21NO3. The summed E-state index contributed by atoms with van der Waals surface area (Å²) in [5.74, 6) is -0.774. The Balaban J connectivity index is 1.93. The molecule has 0 atom stereocenters. The van der Waals surface area contributed by atoms with E-state index >= 15 is 0 Å². The Morgan fingerprint density at radius 1 is 1.00 bits per heavy atom. The number of hydroxylamine groups is 1. The van der Waals surface area contributed by atoms with E-state index in [1.54, 1.807) is 20.8 Å². The highest BCUT2D eigenvalue weighted by Gasteiger charge is 2.29. The first-order chi connectivity index (χ1) is 11.3. The van der Waals surface area contributed by atoms with Crippen LogP contribution in [0.2, 0.25) is 0 Å². The maximum Gasteiger partial charge on any atom is 0.338 e. The maximum atomic E-state index is 12.1. The van der Waals surface area contributed by atoms with E-state index in [1.165, 1.54) is 23.6 Å². The molecule has 0 aromatic heterocycles. The van der Waals surface area contributed by atoms with Gasteiger partial charge in [0, 0.05) is 6.92 Å². The topological polar surface area (TPSA) is 46.6 Å². The average Bonchev–Trinajstić information content (AvgIpc) is 2.88. The second-order valence-corrected chi connectivity index (χ2v) is 7.12. The van der Waals surface area contributed by atoms with Gasteiger partial charge in [-0.25, -0.2) is 4.79 Å². The number of hydrogen-bond acceptors (Lipinski definition) is 3. The van der Waals surface area contributed by atoms with Crippen LogP contribution in [0.15, 0.2) is 42.5 Å². The molecule has 0 saturated heterocycles. The van der Waals surface area contributed by atoms with Crippen molar-refractivity contribution in [2.24, 2.45) is 5.41 Å². The molecular weight excluding hydrogens is 302 g/mol. The summed E-state index contributed by atoms with van der Waals surface area (Å²) in [5.41, 5.74) is 4.69. The van der Waals surface area contributed by atoms with Crippen LogP contribution in [-0.2, 0) is 20.8 Å². The highest BCUT2D eigenvalue weighted by molar-refractivity contribution is 5.93. The number of anilines is 1. The third-order valence-corrected chi connectivity index (χ3v) is 4.08. The predicted molar refractivity (Wildman–Crippen MR) is 93.4 cm³/mol. The Morgan fingerprint density at radius 3 is 2.33 bits per heavy atom. The number of rotatable bonds is 1. The van der Waals surface area contributed by atoms with Gasteiger partial charge in [-0.1, -0.05) is 30.3 Å². The van der Waals surface area contributed by atoms with Gasteiger partial charge in [-0.15, -0.1) is 5.06 Å². The van der Waals surface area contributed by atoms with Crippen molar-refractivity contribution in [3.63, 3.8) is 0 Å². The van der Waals surface area contributed by atoms with Crippen molar-refractivity contribution in [2.45, 2.75) is 34.1 Å². The first kappa shape index (κ1) is 16.2. The highest BCUT2D eigenvalue weighted by atomic mass is 16.7. The highest BCUT2D eigenvalue weighted by Crippen LogP contribution is 2.38. The molecule has 1 amide bonds. The standard InChI is InChI=1S/C20H21NO3/c1-13(22)21(24-19(23)20(2,3)4)16-9-10-18-15(12-16)11-14-7-5-6-8-17(14)18/h5-10,12H,11H2,1-4H3. The first-order valence-corrected chi connectivity index (χ1v) is 8.01. The molecule has 24 heavy (non-hydrogen) atoms. The monoisotopic (exact) mass is 323 g/mol. The van der Waals surface area contributed by atoms with Crippen LogP contribution < -0.4 is 5.06 Å². The number of benzene rings is 2. The van der Waals surface area contributed by atoms with Gasteiger partial charge in [0.25, 0.3) is 5.91 Å². The summed E-state index contributed by atoms with van der Waals surface area (Å²) in [4.78, 5) is 29.5. The molecule has 3 rings (SSSR count). The molecule has 0 aliphatic heterocycles. The maximum absolute atomic E-state index is 12.1. The molecule has 0 spiro atoms. The van der Waals surface area contributed by atoms with Gasteiger partial charge in [0.2, 0.25) is 0 Å². The summed E-state index contributed by atoms with van der Waals surface area (Å²) in [6, 6.07) is 14.0. The summed E-state index contributed by atoms with van der Waals surface area (Å²) >= 11 is 0. The number of carbonyl (C=O) groups excluding carboxylic acids is 2. The van der Waals surface area contributed by atoms with Crippen LogP contribution in [0.4, 0.5) is 5.69 Å². The van der Waals surface area contributed by atoms with E-state index in [0.29, 0.717) is 5.69 Å². The molecule has 0 radical (unpaired) electrons. The van der Waals surface area contributed by atoms with Crippen LogP contribution in [0.5, 0.6) is 0 Å². The summed E-state index contributed by atoms with van der Waals surface area (Å²) < 4.78 is 0. The minimum Gasteiger partial charge on any atom is -0.333 e. The van der Waals surface area contributed by atoms with Crippen LogP contribution in [-0.4, -0.2) is 11.9 Å². The third-order valence-electron chi connectivity index (χ3n) is 4.08. The molecule has 0 saturated carbocycles. The van der Waals surface area contributed by atoms with Gasteiger partial charge in [-0.2, -0.15) is 0 Å². The fourth-order valence-corrected chi connectivity index (χ4v) is 2.78. The zero-order valence-corrected chi connectivity index (χ0v) is 14.4. The second-order valence-electron chi connectivity index (χ2n) is 7.12. The van der Waals surface area contributed by atoms with E-state index in [0.717, 1.165) is 17.0 Å². The lowest BCUT2D eigenvalue weighted by molar-refractivity contribution is -0.158. The summed E-state index contributed by atoms with van der Waals surface area (Å²) in [5, 5.41) is 1.08. The summed E-state index contributed by atoms with van der Waals surface area (Å²) in [7, 11) is 0. The minimum absolute atomic E-state index is 0.330. The van der Waals surface area contributed by atoms with Gasteiger partial charge < -0.3 is 4.84 Å². The van der Waals surface area contributed by atoms with Crippen molar-refractivity contribution in [3.05, 3.63) is 53.6 Å². The van der Waals surface area contributed by atoms with E-state index in [1.807, 2.05) is 30.3 Å². The van der Waals surface area contributed by atoms with Crippen LogP contribution in [0.1, 0.15) is 38.8 Å². The van der Waals surface area contributed by atoms with Gasteiger partial charge in [0.15, 0.2) is 0 Å². The number of amides is 1. The van der Waals surface area contributed by atoms with Gasteiger partial charge in [-0.3, -0.25) is 4.79 Å². The zero-order chi connectivity index (χ0) is 17.5. The van der Waals surface area contributed by atoms with E-state index in [2.05, 4.69) is 12.1 Å². The molecule has 2 aromatic rings. The third kappa shape index (κ3) is 2.92. The lowest BCUT2D eigenvalue weighted by Crippen LogP contribution is -2.36. The Kier molecular flexibility index (Phi) is 3.91. The van der Waals surface area contributed by atoms with Crippen LogP contribution in [0, 0.1) is 5.41 Å². The Bertz CT molecular complexity index is 818. The van der Waals surface area contributed by atoms with Crippen molar-refractivity contribution in [2.75, 3.05) is 5.06 Å². The van der Waals surface area contributed by atoms with Crippen LogP contribution in [0.25, 0.3) is 11.1 Å². The van der Waals surface area contributed by atoms with Crippen molar-refractivity contribution in [1.82, 2.24) is 0 Å². The molecule has 0 N–H and O–H groups in total. The molecule has 0 bridgehead atoms. The van der Waals surface area contributed by atoms with Gasteiger partial charge in [-0.05, 0) is 61.6 Å². The summed E-state index contributed by atoms with van der Waals surface area (Å²) in [6.45, 7) is 6.66. The van der Waals surface area contributed by atoms with E-state index in [4.69, 9.17) is 4.84 Å². The molecule has 1 aliphatic rings. The molecule has 4 heteroatoms. The molecule has 0 heterocycles. The molecule has 1 aliphatic carbocycles.